The smallest absolute Gasteiger partial charge is 0.309 e. The number of esters is 1. The van der Waals surface area contributed by atoms with Crippen molar-refractivity contribution in [2.45, 2.75) is 32.5 Å². The lowest BCUT2D eigenvalue weighted by molar-refractivity contribution is -0.157. The third-order valence-electron chi connectivity index (χ3n) is 5.18. The molecule has 8 heteroatoms. The Morgan fingerprint density at radius 3 is 2.47 bits per heavy atom. The quantitative estimate of drug-likeness (QED) is 0.335. The van der Waals surface area contributed by atoms with Gasteiger partial charge in [-0.2, -0.15) is 0 Å². The van der Waals surface area contributed by atoms with Gasteiger partial charge in [-0.25, -0.2) is 9.37 Å². The van der Waals surface area contributed by atoms with Crippen LogP contribution in [-0.4, -0.2) is 35.1 Å². The molecule has 0 spiro atoms. The van der Waals surface area contributed by atoms with Gasteiger partial charge in [-0.1, -0.05) is 43.3 Å². The van der Waals surface area contributed by atoms with Crippen molar-refractivity contribution in [3.05, 3.63) is 83.9 Å². The molecule has 0 saturated carbocycles. The second-order valence-electron chi connectivity index (χ2n) is 7.79. The molecule has 3 rings (SSSR count). The second-order valence-corrected chi connectivity index (χ2v) is 7.79. The number of pyridine rings is 1. The second kappa shape index (κ2) is 11.3. The van der Waals surface area contributed by atoms with E-state index in [0.29, 0.717) is 5.75 Å². The Kier molecular flexibility index (Phi) is 8.19. The van der Waals surface area contributed by atoms with Crippen molar-refractivity contribution in [1.29, 1.82) is 0 Å². The summed E-state index contributed by atoms with van der Waals surface area (Å²) in [6.45, 7) is 3.22. The third kappa shape index (κ3) is 6.10. The number of rotatable bonds is 10. The first kappa shape index (κ1) is 24.7. The van der Waals surface area contributed by atoms with Crippen LogP contribution in [0.3, 0.4) is 0 Å². The molecular weight excluding hydrogens is 441 g/mol. The summed E-state index contributed by atoms with van der Waals surface area (Å²) >= 11 is 0. The number of carbonyl (C=O) groups excluding carboxylic acids is 2. The van der Waals surface area contributed by atoms with Crippen LogP contribution in [0.2, 0.25) is 0 Å². The van der Waals surface area contributed by atoms with Gasteiger partial charge in [0.15, 0.2) is 29.1 Å². The average Bonchev–Trinajstić information content (AvgIpc) is 2.83. The minimum Gasteiger partial charge on any atom is -0.503 e. The zero-order valence-corrected chi connectivity index (χ0v) is 19.1. The van der Waals surface area contributed by atoms with E-state index >= 15 is 0 Å². The Hall–Kier alpha value is -3.94. The highest BCUT2D eigenvalue weighted by Gasteiger charge is 2.29. The molecule has 3 atom stereocenters. The molecule has 0 aliphatic carbocycles. The predicted octanol–water partition coefficient (Wildman–Crippen LogP) is 4.90. The number of aromatic nitrogens is 1. The summed E-state index contributed by atoms with van der Waals surface area (Å²) in [4.78, 5) is 29.3. The Balaban J connectivity index is 1.71. The van der Waals surface area contributed by atoms with E-state index in [4.69, 9.17) is 14.2 Å². The van der Waals surface area contributed by atoms with Crippen molar-refractivity contribution in [3.63, 3.8) is 0 Å². The number of Topliss-reactive ketones (excluding diaryl/α,β-unsaturated/α-hetero) is 1. The number of carbonyl (C=O) groups is 2. The summed E-state index contributed by atoms with van der Waals surface area (Å²) in [5.74, 6) is -2.38. The van der Waals surface area contributed by atoms with E-state index in [0.717, 1.165) is 5.56 Å². The minimum absolute atomic E-state index is 0.113. The number of ketones is 1. The molecule has 178 valence electrons. The molecular formula is C26H26FNO6. The third-order valence-corrected chi connectivity index (χ3v) is 5.18. The molecule has 0 amide bonds. The lowest BCUT2D eigenvalue weighted by Gasteiger charge is -2.26. The molecule has 7 nitrogen and oxygen atoms in total. The number of halogens is 1. The van der Waals surface area contributed by atoms with Crippen LogP contribution in [0.5, 0.6) is 17.2 Å². The number of aromatic hydroxyl groups is 1. The normalized spacial score (nSPS) is 13.4. The Morgan fingerprint density at radius 2 is 1.79 bits per heavy atom. The molecule has 0 fully saturated rings. The maximum Gasteiger partial charge on any atom is 0.309 e. The van der Waals surface area contributed by atoms with Gasteiger partial charge in [-0.3, -0.25) is 9.59 Å². The van der Waals surface area contributed by atoms with Gasteiger partial charge in [0.2, 0.25) is 0 Å². The van der Waals surface area contributed by atoms with Crippen LogP contribution in [0.15, 0.2) is 66.9 Å². The molecule has 1 N–H and O–H groups in total. The fraction of sp³-hybridized carbons (Fsp3) is 0.269. The molecule has 1 heterocycles. The average molecular weight is 467 g/mol. The van der Waals surface area contributed by atoms with Crippen LogP contribution in [-0.2, 0) is 9.53 Å². The van der Waals surface area contributed by atoms with Crippen LogP contribution < -0.4 is 9.47 Å². The number of hydrogen-bond acceptors (Lipinski definition) is 7. The number of nitrogens with zero attached hydrogens (tertiary/aromatic N) is 1. The molecule has 0 aliphatic rings. The highest BCUT2D eigenvalue weighted by atomic mass is 19.1. The van der Waals surface area contributed by atoms with Crippen molar-refractivity contribution in [1.82, 2.24) is 4.98 Å². The minimum atomic E-state index is -0.812. The molecule has 2 aromatic carbocycles. The number of benzene rings is 2. The topological polar surface area (TPSA) is 95.0 Å². The predicted molar refractivity (Wildman–Crippen MR) is 122 cm³/mol. The maximum absolute atomic E-state index is 13.6. The van der Waals surface area contributed by atoms with Gasteiger partial charge in [0.1, 0.15) is 17.7 Å². The highest BCUT2D eigenvalue weighted by Crippen LogP contribution is 2.30. The molecule has 34 heavy (non-hydrogen) atoms. The molecule has 0 unspecified atom stereocenters. The molecule has 3 aromatic rings. The number of hydrogen-bond donors (Lipinski definition) is 1. The summed E-state index contributed by atoms with van der Waals surface area (Å²) in [5, 5.41) is 10.1. The van der Waals surface area contributed by atoms with E-state index in [2.05, 4.69) is 4.98 Å². The molecule has 0 saturated heterocycles. The first-order valence-electron chi connectivity index (χ1n) is 10.7. The molecule has 1 aromatic heterocycles. The number of ether oxygens (including phenoxy) is 3. The lowest BCUT2D eigenvalue weighted by Crippen LogP contribution is -2.30. The van der Waals surface area contributed by atoms with Gasteiger partial charge >= 0.3 is 5.97 Å². The van der Waals surface area contributed by atoms with Gasteiger partial charge in [0, 0.05) is 24.8 Å². The van der Waals surface area contributed by atoms with Crippen LogP contribution in [0.25, 0.3) is 0 Å². The van der Waals surface area contributed by atoms with Crippen LogP contribution in [0, 0.1) is 11.7 Å². The molecule has 0 bridgehead atoms. The van der Waals surface area contributed by atoms with Gasteiger partial charge in [0.05, 0.1) is 13.0 Å². The first-order chi connectivity index (χ1) is 16.3. The van der Waals surface area contributed by atoms with Gasteiger partial charge < -0.3 is 19.3 Å². The van der Waals surface area contributed by atoms with E-state index in [1.807, 2.05) is 30.3 Å². The standard InChI is InChI=1S/C26H26FNO6/c1-16(14-21(29)23-24(30)22(32-3)12-13-28-23)26(31)33-17(2)25(18-8-5-4-6-9-18)34-20-11-7-10-19(27)15-20/h4-13,15-17,25,30H,14H2,1-3H3/t16-,17+,25+/m1/s1. The Morgan fingerprint density at radius 1 is 1.06 bits per heavy atom. The Labute approximate surface area is 197 Å². The van der Waals surface area contributed by atoms with E-state index in [9.17, 15) is 19.1 Å². The summed E-state index contributed by atoms with van der Waals surface area (Å²) in [7, 11) is 1.36. The van der Waals surface area contributed by atoms with Crippen molar-refractivity contribution in [2.24, 2.45) is 5.92 Å². The fourth-order valence-electron chi connectivity index (χ4n) is 3.39. The van der Waals surface area contributed by atoms with Crippen molar-refractivity contribution < 1.29 is 33.3 Å². The van der Waals surface area contributed by atoms with E-state index in [1.165, 1.54) is 37.6 Å². The summed E-state index contributed by atoms with van der Waals surface area (Å²) in [5.41, 5.74) is 0.560. The zero-order chi connectivity index (χ0) is 24.7. The van der Waals surface area contributed by atoms with Gasteiger partial charge in [-0.15, -0.1) is 0 Å². The van der Waals surface area contributed by atoms with Crippen molar-refractivity contribution in [2.75, 3.05) is 7.11 Å². The Bertz CT molecular complexity index is 1140. The lowest BCUT2D eigenvalue weighted by atomic mass is 10.0. The van der Waals surface area contributed by atoms with Gasteiger partial charge in [-0.05, 0) is 24.6 Å². The zero-order valence-electron chi connectivity index (χ0n) is 19.1. The SMILES string of the molecule is COc1ccnc(C(=O)C[C@@H](C)C(=O)O[C@@H](C)[C@H](Oc2cccc(F)c2)c2ccccc2)c1O. The first-order valence-corrected chi connectivity index (χ1v) is 10.7. The van der Waals surface area contributed by atoms with Gasteiger partial charge in [0.25, 0.3) is 0 Å². The van der Waals surface area contributed by atoms with Crippen molar-refractivity contribution in [3.8, 4) is 17.2 Å². The fourth-order valence-corrected chi connectivity index (χ4v) is 3.39. The summed E-state index contributed by atoms with van der Waals surface area (Å²) in [6, 6.07) is 16.2. The van der Waals surface area contributed by atoms with Crippen LogP contribution in [0.1, 0.15) is 42.4 Å². The van der Waals surface area contributed by atoms with Crippen molar-refractivity contribution >= 4 is 11.8 Å². The maximum atomic E-state index is 13.6. The largest absolute Gasteiger partial charge is 0.503 e. The van der Waals surface area contributed by atoms with Crippen LogP contribution >= 0.6 is 0 Å². The summed E-state index contributed by atoms with van der Waals surface area (Å²) < 4.78 is 30.2. The monoisotopic (exact) mass is 467 g/mol. The van der Waals surface area contributed by atoms with Crippen LogP contribution in [0.4, 0.5) is 4.39 Å². The molecule has 0 aliphatic heterocycles. The summed E-state index contributed by atoms with van der Waals surface area (Å²) in [6.07, 6.45) is -0.344. The number of methoxy groups -OCH3 is 1. The highest BCUT2D eigenvalue weighted by molar-refractivity contribution is 5.99. The van der Waals surface area contributed by atoms with E-state index in [-0.39, 0.29) is 23.6 Å². The van der Waals surface area contributed by atoms with E-state index in [1.54, 1.807) is 19.9 Å². The molecule has 0 radical (unpaired) electrons. The van der Waals surface area contributed by atoms with E-state index < -0.39 is 35.7 Å².